The first-order chi connectivity index (χ1) is 38.0. The van der Waals surface area contributed by atoms with E-state index in [9.17, 15) is 0 Å². The number of hydrogen-bond donors (Lipinski definition) is 0. The number of para-hydroxylation sites is 1. The second-order valence-electron chi connectivity index (χ2n) is 27.9. The maximum absolute atomic E-state index is 6.49. The van der Waals surface area contributed by atoms with E-state index in [1.807, 2.05) is 6.07 Å². The topological polar surface area (TPSA) is 22.9 Å². The normalized spacial score (nSPS) is 18.1. The Kier molecular flexibility index (Phi) is 9.82. The van der Waals surface area contributed by atoms with Crippen LogP contribution in [0.5, 0.6) is 0 Å². The summed E-state index contributed by atoms with van der Waals surface area (Å²) in [5.74, 6) is 0.873. The Morgan fingerprint density at radius 3 is 1.41 bits per heavy atom. The van der Waals surface area contributed by atoms with Gasteiger partial charge >= 0.3 is 0 Å². The molecule has 0 saturated heterocycles. The zero-order valence-electron chi connectivity index (χ0n) is 47.1. The molecule has 0 saturated carbocycles. The van der Waals surface area contributed by atoms with Crippen LogP contribution in [0.4, 0.5) is 51.2 Å². The first kappa shape index (κ1) is 47.3. The largest absolute Gasteiger partial charge is 0.456 e. The molecule has 6 aliphatic rings. The van der Waals surface area contributed by atoms with Gasteiger partial charge in [0.25, 0.3) is 6.71 Å². The quantitative estimate of drug-likeness (QED) is 0.155. The fourth-order valence-electron chi connectivity index (χ4n) is 15.9. The van der Waals surface area contributed by atoms with E-state index in [0.717, 1.165) is 90.7 Å². The molecule has 0 spiro atoms. The zero-order chi connectivity index (χ0) is 53.5. The Hall–Kier alpha value is -7.76. The molecule has 2 aliphatic heterocycles. The molecule has 0 atom stereocenters. The number of anilines is 9. The first-order valence-electron chi connectivity index (χ1n) is 29.2. The molecule has 0 radical (unpaired) electrons. The second-order valence-corrected chi connectivity index (χ2v) is 27.9. The molecular weight excluding hydrogens is 958 g/mol. The summed E-state index contributed by atoms with van der Waals surface area (Å²) < 4.78 is 6.49. The highest BCUT2D eigenvalue weighted by Gasteiger charge is 2.47. The van der Waals surface area contributed by atoms with Crippen LogP contribution in [0.3, 0.4) is 0 Å². The summed E-state index contributed by atoms with van der Waals surface area (Å²) >= 11 is 0. The number of furan rings is 1. The minimum Gasteiger partial charge on any atom is -0.456 e. The maximum atomic E-state index is 6.49. The maximum Gasteiger partial charge on any atom is 0.252 e. The molecule has 10 aromatic rings. The van der Waals surface area contributed by atoms with E-state index in [2.05, 4.69) is 234 Å². The van der Waals surface area contributed by atoms with E-state index >= 15 is 0 Å². The van der Waals surface area contributed by atoms with Gasteiger partial charge in [-0.1, -0.05) is 134 Å². The lowest BCUT2D eigenvalue weighted by Crippen LogP contribution is -2.61. The molecule has 0 unspecified atom stereocenters. The van der Waals surface area contributed by atoms with Crippen LogP contribution in [0.1, 0.15) is 99.9 Å². The van der Waals surface area contributed by atoms with Gasteiger partial charge in [0.1, 0.15) is 11.3 Å². The molecule has 388 valence electrons. The highest BCUT2D eigenvalue weighted by molar-refractivity contribution is 7.00. The van der Waals surface area contributed by atoms with E-state index in [1.54, 1.807) is 0 Å². The molecule has 5 heteroatoms. The second kappa shape index (κ2) is 16.4. The van der Waals surface area contributed by atoms with Gasteiger partial charge in [-0.15, -0.1) is 0 Å². The van der Waals surface area contributed by atoms with Gasteiger partial charge in [-0.2, -0.15) is 0 Å². The lowest BCUT2D eigenvalue weighted by molar-refractivity contribution is 0.392. The standard InChI is InChI=1S/C74H68BN3O/c1-71(2)37-48-22-26-57(28-50(48)39-71)77-64-32-54-43-73(5,6)41-52(54)30-61(64)75-62-31-53-42-74(7,8)44-55(53)33-65(62)78(58-27-23-49-38-72(3,4)40-51(49)29-58)67-36-59(35-66(77)70(67)75)76(63-18-13-16-45-14-9-11-17-60(45)63)56-24-20-46(21-25-56)69-34-47-15-10-12-19-68(47)79-69/h9-36H,37-44H2,1-8H3. The van der Waals surface area contributed by atoms with Crippen molar-refractivity contribution in [3.63, 3.8) is 0 Å². The van der Waals surface area contributed by atoms with E-state index in [-0.39, 0.29) is 28.4 Å². The molecule has 0 bridgehead atoms. The van der Waals surface area contributed by atoms with Gasteiger partial charge in [0.15, 0.2) is 0 Å². The van der Waals surface area contributed by atoms with Crippen molar-refractivity contribution in [2.75, 3.05) is 14.7 Å². The Labute approximate surface area is 466 Å². The first-order valence-corrected chi connectivity index (χ1v) is 29.2. The van der Waals surface area contributed by atoms with Gasteiger partial charge in [-0.05, 0) is 230 Å². The van der Waals surface area contributed by atoms with Crippen LogP contribution in [-0.2, 0) is 51.4 Å². The highest BCUT2D eigenvalue weighted by Crippen LogP contribution is 2.53. The minimum absolute atomic E-state index is 0.0235. The van der Waals surface area contributed by atoms with Gasteiger partial charge in [-0.25, -0.2) is 0 Å². The number of nitrogens with zero attached hydrogens (tertiary/aromatic N) is 3. The summed E-state index contributed by atoms with van der Waals surface area (Å²) in [6, 6.07) is 66.0. The number of benzene rings is 9. The average molecular weight is 1030 g/mol. The van der Waals surface area contributed by atoms with Crippen molar-refractivity contribution < 1.29 is 4.42 Å². The minimum atomic E-state index is 0.0235. The van der Waals surface area contributed by atoms with Gasteiger partial charge in [-0.3, -0.25) is 0 Å². The predicted molar refractivity (Wildman–Crippen MR) is 333 cm³/mol. The Bertz CT molecular complexity index is 4040. The number of fused-ring (bicyclic) bond motifs is 10. The molecule has 3 heterocycles. The Morgan fingerprint density at radius 1 is 0.392 bits per heavy atom. The average Bonchev–Trinajstić information content (AvgIpc) is 4.32. The van der Waals surface area contributed by atoms with Crippen LogP contribution >= 0.6 is 0 Å². The lowest BCUT2D eigenvalue weighted by Gasteiger charge is -2.45. The van der Waals surface area contributed by atoms with Crippen LogP contribution in [0, 0.1) is 21.7 Å². The molecule has 0 fully saturated rings. The van der Waals surface area contributed by atoms with Crippen molar-refractivity contribution in [1.29, 1.82) is 0 Å². The third-order valence-electron chi connectivity index (χ3n) is 19.0. The van der Waals surface area contributed by atoms with Gasteiger partial charge in [0.05, 0.1) is 11.4 Å². The van der Waals surface area contributed by atoms with E-state index in [0.29, 0.717) is 0 Å². The molecule has 0 amide bonds. The highest BCUT2D eigenvalue weighted by atomic mass is 16.3. The van der Waals surface area contributed by atoms with E-state index < -0.39 is 0 Å². The Balaban J connectivity index is 1.00. The van der Waals surface area contributed by atoms with Crippen LogP contribution in [-0.4, -0.2) is 6.71 Å². The zero-order valence-corrected chi connectivity index (χ0v) is 47.1. The van der Waals surface area contributed by atoms with Crippen LogP contribution in [0.2, 0.25) is 0 Å². The molecule has 4 nitrogen and oxygen atoms in total. The summed E-state index contributed by atoms with van der Waals surface area (Å²) in [4.78, 5) is 7.97. The molecule has 16 rings (SSSR count). The Morgan fingerprint density at radius 2 is 0.861 bits per heavy atom. The predicted octanol–water partition coefficient (Wildman–Crippen LogP) is 17.3. The van der Waals surface area contributed by atoms with Crippen molar-refractivity contribution >= 4 is 96.0 Å². The van der Waals surface area contributed by atoms with Gasteiger partial charge in [0.2, 0.25) is 0 Å². The fraction of sp³-hybridized carbons (Fsp3) is 0.270. The molecular formula is C74H68BN3O. The molecule has 4 aliphatic carbocycles. The lowest BCUT2D eigenvalue weighted by atomic mass is 9.33. The van der Waals surface area contributed by atoms with Crippen molar-refractivity contribution in [3.05, 3.63) is 214 Å². The third kappa shape index (κ3) is 7.54. The van der Waals surface area contributed by atoms with Gasteiger partial charge < -0.3 is 19.1 Å². The smallest absolute Gasteiger partial charge is 0.252 e. The number of hydrogen-bond acceptors (Lipinski definition) is 4. The van der Waals surface area contributed by atoms with Crippen molar-refractivity contribution in [3.8, 4) is 11.3 Å². The summed E-state index contributed by atoms with van der Waals surface area (Å²) in [5.41, 5.74) is 30.0. The number of rotatable bonds is 6. The van der Waals surface area contributed by atoms with Crippen LogP contribution in [0.15, 0.2) is 174 Å². The fourth-order valence-corrected chi connectivity index (χ4v) is 15.9. The molecule has 0 N–H and O–H groups in total. The third-order valence-corrected chi connectivity index (χ3v) is 19.0. The van der Waals surface area contributed by atoms with Crippen molar-refractivity contribution in [2.24, 2.45) is 21.7 Å². The van der Waals surface area contributed by atoms with E-state index in [1.165, 1.54) is 106 Å². The summed E-state index contributed by atoms with van der Waals surface area (Å²) in [5, 5.41) is 3.53. The summed E-state index contributed by atoms with van der Waals surface area (Å²) in [7, 11) is 0. The monoisotopic (exact) mass is 1030 g/mol. The van der Waals surface area contributed by atoms with Crippen LogP contribution < -0.4 is 31.1 Å². The van der Waals surface area contributed by atoms with Crippen LogP contribution in [0.25, 0.3) is 33.1 Å². The van der Waals surface area contributed by atoms with Crippen molar-refractivity contribution in [2.45, 2.75) is 107 Å². The molecule has 1 aromatic heterocycles. The summed E-state index contributed by atoms with van der Waals surface area (Å²) in [6.45, 7) is 19.6. The molecule has 79 heavy (non-hydrogen) atoms. The molecule has 9 aromatic carbocycles. The van der Waals surface area contributed by atoms with Crippen molar-refractivity contribution in [1.82, 2.24) is 0 Å². The van der Waals surface area contributed by atoms with Gasteiger partial charge in [0, 0.05) is 56.1 Å². The van der Waals surface area contributed by atoms with E-state index in [4.69, 9.17) is 4.42 Å². The summed E-state index contributed by atoms with van der Waals surface area (Å²) in [6.07, 6.45) is 8.69. The SMILES string of the molecule is CC1(C)Cc2ccc(N3c4cc5c(cc4B4c6cc7c(cc6N(c6ccc8c(c6)CC(C)(C)C8)c6cc(N(c8ccc(-c9cc%10ccccc%10o9)cc8)c8cccc9ccccc89)cc3c64)CC(C)(C)C7)CC(C)(C)C5)cc2C1.